The van der Waals surface area contributed by atoms with E-state index in [1.807, 2.05) is 0 Å². The van der Waals surface area contributed by atoms with Gasteiger partial charge in [-0.05, 0) is 32.4 Å². The van der Waals surface area contributed by atoms with Crippen LogP contribution in [0, 0.1) is 5.41 Å². The third kappa shape index (κ3) is 2.25. The van der Waals surface area contributed by atoms with Crippen molar-refractivity contribution in [1.29, 1.82) is 0 Å². The van der Waals surface area contributed by atoms with Crippen molar-refractivity contribution in [2.75, 3.05) is 5.32 Å². The summed E-state index contributed by atoms with van der Waals surface area (Å²) in [5.74, 6) is -0.277. The van der Waals surface area contributed by atoms with Crippen LogP contribution in [0.3, 0.4) is 0 Å². The molecule has 1 saturated carbocycles. The van der Waals surface area contributed by atoms with Crippen LogP contribution in [0.5, 0.6) is 0 Å². The lowest BCUT2D eigenvalue weighted by Crippen LogP contribution is -2.26. The molecule has 1 N–H and O–H groups in total. The first-order valence-electron chi connectivity index (χ1n) is 5.56. The summed E-state index contributed by atoms with van der Waals surface area (Å²) in [5, 5.41) is 2.74. The van der Waals surface area contributed by atoms with Crippen molar-refractivity contribution in [3.8, 4) is 0 Å². The lowest BCUT2D eigenvalue weighted by molar-refractivity contribution is -0.120. The quantitative estimate of drug-likeness (QED) is 0.683. The third-order valence-corrected chi connectivity index (χ3v) is 4.39. The normalized spacial score (nSPS) is 24.4. The Morgan fingerprint density at radius 2 is 1.94 bits per heavy atom. The highest BCUT2D eigenvalue weighted by atomic mass is 35.5. The minimum absolute atomic E-state index is 0.0484. The zero-order valence-electron chi connectivity index (χ0n) is 10.1. The van der Waals surface area contributed by atoms with E-state index in [0.717, 1.165) is 0 Å². The molecule has 1 aromatic rings. The van der Waals surface area contributed by atoms with Gasteiger partial charge in [0.25, 0.3) is 0 Å². The Morgan fingerprint density at radius 1 is 1.33 bits per heavy atom. The summed E-state index contributed by atoms with van der Waals surface area (Å²) in [5.41, 5.74) is 0.365. The molecule has 0 heterocycles. The van der Waals surface area contributed by atoms with E-state index in [2.05, 4.69) is 5.32 Å². The summed E-state index contributed by atoms with van der Waals surface area (Å²) in [6, 6.07) is 6.77. The molecule has 1 aliphatic rings. The molecule has 18 heavy (non-hydrogen) atoms. The van der Waals surface area contributed by atoms with E-state index in [1.54, 1.807) is 31.2 Å². The maximum Gasteiger partial charge on any atom is 0.233 e. The van der Waals surface area contributed by atoms with Crippen LogP contribution < -0.4 is 5.32 Å². The minimum Gasteiger partial charge on any atom is -0.326 e. The maximum atomic E-state index is 12.0. The molecule has 0 bridgehead atoms. The molecule has 0 saturated heterocycles. The second kappa shape index (κ2) is 4.25. The molecule has 1 aromatic carbocycles. The predicted molar refractivity (Wildman–Crippen MR) is 72.2 cm³/mol. The zero-order chi connectivity index (χ0) is 13.6. The second-order valence-corrected chi connectivity index (χ2v) is 6.29. The Morgan fingerprint density at radius 3 is 2.44 bits per heavy atom. The van der Waals surface area contributed by atoms with Crippen LogP contribution in [0.1, 0.15) is 30.6 Å². The van der Waals surface area contributed by atoms with Gasteiger partial charge in [0.15, 0.2) is 5.78 Å². The Kier molecular flexibility index (Phi) is 3.16. The fraction of sp³-hybridized carbons (Fsp3) is 0.385. The first kappa shape index (κ1) is 13.4. The Bertz CT molecular complexity index is 527. The van der Waals surface area contributed by atoms with Gasteiger partial charge in [-0.3, -0.25) is 9.59 Å². The van der Waals surface area contributed by atoms with Crippen molar-refractivity contribution in [1.82, 2.24) is 0 Å². The number of hydrogen-bond donors (Lipinski definition) is 1. The maximum absolute atomic E-state index is 12.0. The van der Waals surface area contributed by atoms with Gasteiger partial charge in [0.05, 0.1) is 5.41 Å². The van der Waals surface area contributed by atoms with E-state index in [4.69, 9.17) is 23.2 Å². The van der Waals surface area contributed by atoms with Crippen molar-refractivity contribution >= 4 is 40.6 Å². The number of amides is 1. The van der Waals surface area contributed by atoms with Crippen molar-refractivity contribution < 1.29 is 9.59 Å². The average molecular weight is 286 g/mol. The summed E-state index contributed by atoms with van der Waals surface area (Å²) in [6.45, 7) is 3.20. The molecule has 1 unspecified atom stereocenters. The van der Waals surface area contributed by atoms with Crippen molar-refractivity contribution in [3.63, 3.8) is 0 Å². The van der Waals surface area contributed by atoms with Gasteiger partial charge in [0, 0.05) is 11.3 Å². The van der Waals surface area contributed by atoms with Crippen LogP contribution in [-0.4, -0.2) is 16.0 Å². The van der Waals surface area contributed by atoms with Gasteiger partial charge in [0.2, 0.25) is 5.91 Å². The number of alkyl halides is 2. The van der Waals surface area contributed by atoms with Gasteiger partial charge in [-0.25, -0.2) is 0 Å². The molecule has 5 heteroatoms. The van der Waals surface area contributed by atoms with Gasteiger partial charge in [-0.1, -0.05) is 12.1 Å². The lowest BCUT2D eigenvalue weighted by Gasteiger charge is -2.13. The minimum atomic E-state index is -0.991. The highest BCUT2D eigenvalue weighted by Crippen LogP contribution is 2.64. The molecule has 2 rings (SSSR count). The molecule has 0 aromatic heterocycles. The number of anilines is 1. The molecule has 1 atom stereocenters. The largest absolute Gasteiger partial charge is 0.326 e. The number of carbonyl (C=O) groups excluding carboxylic acids is 2. The van der Waals surface area contributed by atoms with Crippen molar-refractivity contribution in [2.24, 2.45) is 5.41 Å². The summed E-state index contributed by atoms with van der Waals surface area (Å²) in [6.07, 6.45) is 0.432. The van der Waals surface area contributed by atoms with Crippen molar-refractivity contribution in [2.45, 2.75) is 24.6 Å². The molecule has 1 aliphatic carbocycles. The van der Waals surface area contributed by atoms with E-state index in [-0.39, 0.29) is 11.7 Å². The lowest BCUT2D eigenvalue weighted by atomic mass is 10.1. The topological polar surface area (TPSA) is 46.2 Å². The van der Waals surface area contributed by atoms with Crippen LogP contribution in [0.15, 0.2) is 24.3 Å². The van der Waals surface area contributed by atoms with Gasteiger partial charge in [0.1, 0.15) is 4.33 Å². The molecule has 96 valence electrons. The SMILES string of the molecule is CC(=O)c1cccc(NC(=O)C2(C)CC2(Cl)Cl)c1. The van der Waals surface area contributed by atoms with Crippen LogP contribution in [0.4, 0.5) is 5.69 Å². The average Bonchev–Trinajstić information content (AvgIpc) is 2.80. The Labute approximate surface area is 115 Å². The van der Waals surface area contributed by atoms with Gasteiger partial charge < -0.3 is 5.32 Å². The second-order valence-electron chi connectivity index (χ2n) is 4.80. The molecular formula is C13H13Cl2NO2. The number of ketones is 1. The number of carbonyl (C=O) groups is 2. The Hall–Kier alpha value is -1.06. The van der Waals surface area contributed by atoms with Gasteiger partial charge in [-0.2, -0.15) is 0 Å². The monoisotopic (exact) mass is 285 g/mol. The van der Waals surface area contributed by atoms with E-state index < -0.39 is 9.75 Å². The highest BCUT2D eigenvalue weighted by Gasteiger charge is 2.67. The first-order chi connectivity index (χ1) is 8.26. The summed E-state index contributed by atoms with van der Waals surface area (Å²) in [4.78, 5) is 23.3. The van der Waals surface area contributed by atoms with E-state index >= 15 is 0 Å². The number of benzene rings is 1. The molecule has 0 aliphatic heterocycles. The molecule has 1 amide bonds. The van der Waals surface area contributed by atoms with Gasteiger partial charge >= 0.3 is 0 Å². The van der Waals surface area contributed by atoms with Gasteiger partial charge in [-0.15, -0.1) is 23.2 Å². The highest BCUT2D eigenvalue weighted by molar-refractivity contribution is 6.53. The molecule has 1 fully saturated rings. The summed E-state index contributed by atoms with van der Waals surface area (Å²) in [7, 11) is 0. The van der Waals surface area contributed by atoms with Crippen LogP contribution in [-0.2, 0) is 4.79 Å². The fourth-order valence-corrected chi connectivity index (χ4v) is 2.44. The van der Waals surface area contributed by atoms with Crippen LogP contribution in [0.2, 0.25) is 0 Å². The number of rotatable bonds is 3. The van der Waals surface area contributed by atoms with Crippen molar-refractivity contribution in [3.05, 3.63) is 29.8 Å². The number of halogens is 2. The van der Waals surface area contributed by atoms with E-state index in [0.29, 0.717) is 17.7 Å². The Balaban J connectivity index is 2.13. The molecule has 0 spiro atoms. The number of nitrogens with one attached hydrogen (secondary N) is 1. The van der Waals surface area contributed by atoms with Crippen LogP contribution in [0.25, 0.3) is 0 Å². The smallest absolute Gasteiger partial charge is 0.233 e. The summed E-state index contributed by atoms with van der Waals surface area (Å²) >= 11 is 11.9. The first-order valence-corrected chi connectivity index (χ1v) is 6.32. The fourth-order valence-electron chi connectivity index (χ4n) is 1.73. The van der Waals surface area contributed by atoms with E-state index in [1.165, 1.54) is 6.92 Å². The third-order valence-electron chi connectivity index (χ3n) is 3.29. The zero-order valence-corrected chi connectivity index (χ0v) is 11.6. The molecular weight excluding hydrogens is 273 g/mol. The predicted octanol–water partition coefficient (Wildman–Crippen LogP) is 3.41. The number of Topliss-reactive ketones (excluding diaryl/α,β-unsaturated/α-hetero) is 1. The molecule has 3 nitrogen and oxygen atoms in total. The molecule has 0 radical (unpaired) electrons. The standard InChI is InChI=1S/C13H13Cl2NO2/c1-8(17)9-4-3-5-10(6-9)16-11(18)12(2)7-13(12,14)15/h3-6H,7H2,1-2H3,(H,16,18). The van der Waals surface area contributed by atoms with E-state index in [9.17, 15) is 9.59 Å². The van der Waals surface area contributed by atoms with Crippen LogP contribution >= 0.6 is 23.2 Å². The number of hydrogen-bond acceptors (Lipinski definition) is 2. The summed E-state index contributed by atoms with van der Waals surface area (Å²) < 4.78 is -0.991.